The molecule has 1 aliphatic rings. The summed E-state index contributed by atoms with van der Waals surface area (Å²) in [6.07, 6.45) is 0. The first kappa shape index (κ1) is 25.9. The van der Waals surface area contributed by atoms with Crippen molar-refractivity contribution in [2.75, 3.05) is 5.32 Å². The minimum atomic E-state index is 0.0124. The molecule has 9 rings (SSSR count). The monoisotopic (exact) mass is 576 g/mol. The standard InChI is InChI=1S/C43H32N2/c1-43(2)38-17-6-3-14-33(38)37-27-32(23-24-39(37)43)44-31-13-9-12-29(25-31)30-22-21-28-11-10-20-42(36(28)26-30)45-40-18-7-4-15-34(40)35-16-5-8-19-41(35)45/h3-27,44H,1-2H3. The zero-order valence-corrected chi connectivity index (χ0v) is 25.4. The summed E-state index contributed by atoms with van der Waals surface area (Å²) in [5.41, 5.74) is 13.7. The Morgan fingerprint density at radius 3 is 1.96 bits per heavy atom. The Morgan fingerprint density at radius 2 is 1.13 bits per heavy atom. The van der Waals surface area contributed by atoms with E-state index in [1.54, 1.807) is 0 Å². The summed E-state index contributed by atoms with van der Waals surface area (Å²) in [6, 6.07) is 55.3. The number of aromatic nitrogens is 1. The Morgan fingerprint density at radius 1 is 0.467 bits per heavy atom. The predicted molar refractivity (Wildman–Crippen MR) is 191 cm³/mol. The number of fused-ring (bicyclic) bond motifs is 7. The maximum atomic E-state index is 3.71. The zero-order chi connectivity index (χ0) is 30.1. The molecule has 214 valence electrons. The van der Waals surface area contributed by atoms with Crippen LogP contribution in [0.1, 0.15) is 25.0 Å². The molecule has 1 aromatic heterocycles. The van der Waals surface area contributed by atoms with Crippen LogP contribution in [-0.4, -0.2) is 4.57 Å². The van der Waals surface area contributed by atoms with Crippen molar-refractivity contribution in [3.8, 4) is 27.9 Å². The Kier molecular flexibility index (Phi) is 5.58. The number of nitrogens with one attached hydrogen (secondary N) is 1. The van der Waals surface area contributed by atoms with E-state index in [1.165, 1.54) is 71.6 Å². The second-order valence-electron chi connectivity index (χ2n) is 12.7. The molecule has 0 saturated carbocycles. The van der Waals surface area contributed by atoms with Gasteiger partial charge in [-0.3, -0.25) is 0 Å². The number of benzene rings is 7. The number of para-hydroxylation sites is 2. The number of hydrogen-bond acceptors (Lipinski definition) is 1. The van der Waals surface area contributed by atoms with Gasteiger partial charge in [0.1, 0.15) is 0 Å². The Labute approximate surface area is 263 Å². The number of hydrogen-bond donors (Lipinski definition) is 1. The quantitative estimate of drug-likeness (QED) is 0.220. The first-order valence-corrected chi connectivity index (χ1v) is 15.7. The van der Waals surface area contributed by atoms with Crippen molar-refractivity contribution >= 4 is 44.0 Å². The molecule has 0 saturated heterocycles. The van der Waals surface area contributed by atoms with Gasteiger partial charge in [-0.1, -0.05) is 117 Å². The largest absolute Gasteiger partial charge is 0.355 e. The smallest absolute Gasteiger partial charge is 0.0541 e. The van der Waals surface area contributed by atoms with Crippen molar-refractivity contribution in [3.63, 3.8) is 0 Å². The van der Waals surface area contributed by atoms with Crippen molar-refractivity contribution in [2.45, 2.75) is 19.3 Å². The third kappa shape index (κ3) is 3.96. The van der Waals surface area contributed by atoms with E-state index in [1.807, 2.05) is 0 Å². The number of nitrogens with zero attached hydrogens (tertiary/aromatic N) is 1. The molecule has 8 aromatic rings. The van der Waals surface area contributed by atoms with Gasteiger partial charge in [-0.2, -0.15) is 0 Å². The van der Waals surface area contributed by atoms with Crippen molar-refractivity contribution < 1.29 is 0 Å². The zero-order valence-electron chi connectivity index (χ0n) is 25.4. The lowest BCUT2D eigenvalue weighted by Gasteiger charge is -2.21. The molecule has 45 heavy (non-hydrogen) atoms. The number of anilines is 2. The Balaban J connectivity index is 1.12. The fraction of sp³-hybridized carbons (Fsp3) is 0.0698. The molecule has 0 spiro atoms. The molecule has 0 radical (unpaired) electrons. The van der Waals surface area contributed by atoms with Crippen LogP contribution in [0.4, 0.5) is 11.4 Å². The second-order valence-corrected chi connectivity index (χ2v) is 12.7. The molecular formula is C43H32N2. The van der Waals surface area contributed by atoms with Gasteiger partial charge in [0.25, 0.3) is 0 Å². The summed E-state index contributed by atoms with van der Waals surface area (Å²) in [7, 11) is 0. The van der Waals surface area contributed by atoms with Gasteiger partial charge in [0, 0.05) is 32.9 Å². The predicted octanol–water partition coefficient (Wildman–Crippen LogP) is 11.7. The van der Waals surface area contributed by atoms with E-state index in [9.17, 15) is 0 Å². The normalized spacial score (nSPS) is 13.3. The van der Waals surface area contributed by atoms with Crippen LogP contribution in [0.5, 0.6) is 0 Å². The van der Waals surface area contributed by atoms with Gasteiger partial charge in [-0.15, -0.1) is 0 Å². The minimum absolute atomic E-state index is 0.0124. The van der Waals surface area contributed by atoms with Crippen molar-refractivity contribution in [3.05, 3.63) is 163 Å². The molecule has 0 fully saturated rings. The summed E-state index contributed by atoms with van der Waals surface area (Å²) < 4.78 is 2.42. The van der Waals surface area contributed by atoms with Gasteiger partial charge in [0.2, 0.25) is 0 Å². The van der Waals surface area contributed by atoms with E-state index in [0.29, 0.717) is 0 Å². The molecule has 0 amide bonds. The third-order valence-electron chi connectivity index (χ3n) is 9.75. The van der Waals surface area contributed by atoms with Crippen LogP contribution in [0.15, 0.2) is 152 Å². The van der Waals surface area contributed by atoms with Gasteiger partial charge in [-0.25, -0.2) is 0 Å². The summed E-state index contributed by atoms with van der Waals surface area (Å²) >= 11 is 0. The summed E-state index contributed by atoms with van der Waals surface area (Å²) in [5.74, 6) is 0. The van der Waals surface area contributed by atoms with Gasteiger partial charge in [0.15, 0.2) is 0 Å². The third-order valence-corrected chi connectivity index (χ3v) is 9.75. The fourth-order valence-corrected chi connectivity index (χ4v) is 7.55. The average Bonchev–Trinajstić information content (AvgIpc) is 3.53. The first-order valence-electron chi connectivity index (χ1n) is 15.7. The molecule has 0 bridgehead atoms. The lowest BCUT2D eigenvalue weighted by atomic mass is 9.82. The van der Waals surface area contributed by atoms with Crippen LogP contribution in [0.3, 0.4) is 0 Å². The molecule has 2 nitrogen and oxygen atoms in total. The highest BCUT2D eigenvalue weighted by atomic mass is 15.0. The van der Waals surface area contributed by atoms with Crippen molar-refractivity contribution in [1.82, 2.24) is 4.57 Å². The fourth-order valence-electron chi connectivity index (χ4n) is 7.55. The molecular weight excluding hydrogens is 544 g/mol. The topological polar surface area (TPSA) is 17.0 Å². The van der Waals surface area contributed by atoms with E-state index in [4.69, 9.17) is 0 Å². The van der Waals surface area contributed by atoms with E-state index < -0.39 is 0 Å². The van der Waals surface area contributed by atoms with E-state index in [0.717, 1.165) is 11.4 Å². The second kappa shape index (κ2) is 9.70. The van der Waals surface area contributed by atoms with Crippen LogP contribution in [0, 0.1) is 0 Å². The lowest BCUT2D eigenvalue weighted by molar-refractivity contribution is 0.660. The van der Waals surface area contributed by atoms with Crippen molar-refractivity contribution in [2.24, 2.45) is 0 Å². The maximum Gasteiger partial charge on any atom is 0.0541 e. The molecule has 2 heteroatoms. The van der Waals surface area contributed by atoms with Gasteiger partial charge in [0.05, 0.1) is 16.7 Å². The molecule has 7 aromatic carbocycles. The summed E-state index contributed by atoms with van der Waals surface area (Å²) in [4.78, 5) is 0. The maximum absolute atomic E-state index is 3.71. The van der Waals surface area contributed by atoms with Crippen LogP contribution in [0.2, 0.25) is 0 Å². The molecule has 0 unspecified atom stereocenters. The summed E-state index contributed by atoms with van der Waals surface area (Å²) in [5, 5.41) is 8.73. The van der Waals surface area contributed by atoms with Crippen LogP contribution >= 0.6 is 0 Å². The highest BCUT2D eigenvalue weighted by Crippen LogP contribution is 2.49. The number of rotatable bonds is 4. The summed E-state index contributed by atoms with van der Waals surface area (Å²) in [6.45, 7) is 4.65. The highest BCUT2D eigenvalue weighted by Gasteiger charge is 2.35. The van der Waals surface area contributed by atoms with Gasteiger partial charge < -0.3 is 9.88 Å². The molecule has 1 N–H and O–H groups in total. The van der Waals surface area contributed by atoms with Crippen LogP contribution in [-0.2, 0) is 5.41 Å². The minimum Gasteiger partial charge on any atom is -0.355 e. The SMILES string of the molecule is CC1(C)c2ccccc2-c2cc(Nc3cccc(-c4ccc5cccc(-n6c7ccccc7c7ccccc76)c5c4)c3)ccc21. The van der Waals surface area contributed by atoms with Crippen molar-refractivity contribution in [1.29, 1.82) is 0 Å². The molecule has 1 aliphatic carbocycles. The Bertz CT molecular complexity index is 2390. The van der Waals surface area contributed by atoms with Gasteiger partial charge >= 0.3 is 0 Å². The van der Waals surface area contributed by atoms with Crippen LogP contribution < -0.4 is 5.32 Å². The Hall–Kier alpha value is -5.60. The van der Waals surface area contributed by atoms with Gasteiger partial charge in [-0.05, 0) is 87.3 Å². The first-order chi connectivity index (χ1) is 22.1. The van der Waals surface area contributed by atoms with Crippen LogP contribution in [0.25, 0.3) is 60.5 Å². The molecule has 0 aliphatic heterocycles. The molecule has 1 heterocycles. The average molecular weight is 577 g/mol. The lowest BCUT2D eigenvalue weighted by Crippen LogP contribution is -2.14. The van der Waals surface area contributed by atoms with E-state index in [-0.39, 0.29) is 5.41 Å². The molecule has 0 atom stereocenters. The highest BCUT2D eigenvalue weighted by molar-refractivity contribution is 6.10. The van der Waals surface area contributed by atoms with E-state index in [2.05, 4.69) is 175 Å². The van der Waals surface area contributed by atoms with E-state index >= 15 is 0 Å².